The van der Waals surface area contributed by atoms with Gasteiger partial charge in [0.15, 0.2) is 0 Å². The first-order valence-electron chi connectivity index (χ1n) is 10.9. The van der Waals surface area contributed by atoms with Crippen LogP contribution in [0, 0.1) is 5.41 Å². The fraction of sp³-hybridized carbons (Fsp3) is 0.609. The monoisotopic (exact) mass is 398 g/mol. The van der Waals surface area contributed by atoms with E-state index in [9.17, 15) is 14.4 Å². The molecule has 1 aromatic carbocycles. The Hall–Kier alpha value is -2.37. The lowest BCUT2D eigenvalue weighted by molar-refractivity contribution is -0.158. The first kappa shape index (κ1) is 19.9. The lowest BCUT2D eigenvalue weighted by atomic mass is 9.70. The summed E-state index contributed by atoms with van der Waals surface area (Å²) in [5, 5.41) is 0. The number of benzene rings is 1. The Kier molecular flexibility index (Phi) is 5.61. The molecular weight excluding hydrogens is 368 g/mol. The molecule has 156 valence electrons. The first-order chi connectivity index (χ1) is 14.0. The zero-order valence-electron chi connectivity index (χ0n) is 17.1. The van der Waals surface area contributed by atoms with Gasteiger partial charge in [-0.15, -0.1) is 0 Å². The smallest absolute Gasteiger partial charge is 0.314 e. The van der Waals surface area contributed by atoms with Crippen LogP contribution >= 0.6 is 0 Å². The summed E-state index contributed by atoms with van der Waals surface area (Å²) in [7, 11) is 0. The molecule has 0 spiro atoms. The number of hydrogen-bond donors (Lipinski definition) is 0. The van der Waals surface area contributed by atoms with E-state index in [1.54, 1.807) is 4.90 Å². The van der Waals surface area contributed by atoms with Gasteiger partial charge in [-0.1, -0.05) is 30.3 Å². The SMILES string of the molecule is CCOC(=O)[C@@]1(Cc2ccccc2)C[C@H]2CC[C@@H]1N2C(=O)CN1CCCCC1=O. The van der Waals surface area contributed by atoms with Crippen LogP contribution in [-0.4, -0.2) is 59.4 Å². The number of fused-ring (bicyclic) bond motifs is 2. The molecule has 3 atom stereocenters. The molecule has 2 amide bonds. The number of amides is 2. The van der Waals surface area contributed by atoms with Crippen LogP contribution in [0.2, 0.25) is 0 Å². The fourth-order valence-electron chi connectivity index (χ4n) is 5.55. The van der Waals surface area contributed by atoms with Gasteiger partial charge in [-0.3, -0.25) is 14.4 Å². The lowest BCUT2D eigenvalue weighted by Gasteiger charge is -2.36. The predicted molar refractivity (Wildman–Crippen MR) is 108 cm³/mol. The number of carbonyl (C=O) groups excluding carboxylic acids is 3. The molecule has 1 aromatic rings. The van der Waals surface area contributed by atoms with E-state index >= 15 is 0 Å². The van der Waals surface area contributed by atoms with Crippen LogP contribution in [0.1, 0.15) is 51.0 Å². The minimum absolute atomic E-state index is 0.0213. The number of esters is 1. The van der Waals surface area contributed by atoms with Gasteiger partial charge in [0.1, 0.15) is 0 Å². The molecule has 0 N–H and O–H groups in total. The minimum Gasteiger partial charge on any atom is -0.465 e. The standard InChI is InChI=1S/C23H30N2O4/c1-2-29-22(28)23(14-17-8-4-3-5-9-17)15-18-11-12-19(23)25(18)21(27)16-24-13-7-6-10-20(24)26/h3-5,8-9,18-19H,2,6-7,10-16H2,1H3/t18-,19+,23+/m1/s1. The summed E-state index contributed by atoms with van der Waals surface area (Å²) in [6.45, 7) is 2.95. The number of nitrogens with zero attached hydrogens (tertiary/aromatic N) is 2. The van der Waals surface area contributed by atoms with Crippen LogP contribution in [-0.2, 0) is 25.5 Å². The van der Waals surface area contributed by atoms with E-state index in [0.717, 1.165) is 31.2 Å². The molecule has 3 aliphatic heterocycles. The number of hydrogen-bond acceptors (Lipinski definition) is 4. The van der Waals surface area contributed by atoms with Crippen molar-refractivity contribution in [2.24, 2.45) is 5.41 Å². The fourth-order valence-corrected chi connectivity index (χ4v) is 5.55. The van der Waals surface area contributed by atoms with Crippen molar-refractivity contribution in [2.45, 2.75) is 64.0 Å². The summed E-state index contributed by atoms with van der Waals surface area (Å²) >= 11 is 0. The van der Waals surface area contributed by atoms with Crippen molar-refractivity contribution in [3.05, 3.63) is 35.9 Å². The van der Waals surface area contributed by atoms with Crippen LogP contribution < -0.4 is 0 Å². The molecule has 2 bridgehead atoms. The molecule has 6 heteroatoms. The van der Waals surface area contributed by atoms with E-state index in [-0.39, 0.29) is 36.4 Å². The normalized spacial score (nSPS) is 28.7. The maximum atomic E-state index is 13.2. The Labute approximate surface area is 172 Å². The number of piperidine rings is 1. The predicted octanol–water partition coefficient (Wildman–Crippen LogP) is 2.55. The summed E-state index contributed by atoms with van der Waals surface area (Å²) in [5.74, 6) is -0.146. The molecule has 0 saturated carbocycles. The van der Waals surface area contributed by atoms with Gasteiger partial charge in [0.05, 0.1) is 18.6 Å². The summed E-state index contributed by atoms with van der Waals surface area (Å²) in [6, 6.07) is 9.89. The van der Waals surface area contributed by atoms with Crippen LogP contribution in [0.15, 0.2) is 30.3 Å². The Balaban J connectivity index is 1.57. The average Bonchev–Trinajstić information content (AvgIpc) is 3.27. The zero-order chi connectivity index (χ0) is 20.4. The second-order valence-electron chi connectivity index (χ2n) is 8.56. The molecule has 3 aliphatic rings. The Bertz CT molecular complexity index is 780. The minimum atomic E-state index is -0.693. The molecule has 29 heavy (non-hydrogen) atoms. The Morgan fingerprint density at radius 3 is 2.69 bits per heavy atom. The summed E-state index contributed by atoms with van der Waals surface area (Å²) in [4.78, 5) is 42.1. The molecule has 6 nitrogen and oxygen atoms in total. The number of carbonyl (C=O) groups is 3. The third-order valence-corrected chi connectivity index (χ3v) is 6.82. The quantitative estimate of drug-likeness (QED) is 0.691. The van der Waals surface area contributed by atoms with Gasteiger partial charge in [-0.05, 0) is 51.0 Å². The van der Waals surface area contributed by atoms with Gasteiger partial charge in [-0.2, -0.15) is 0 Å². The van der Waals surface area contributed by atoms with E-state index in [4.69, 9.17) is 4.74 Å². The molecule has 3 fully saturated rings. The Morgan fingerprint density at radius 2 is 1.97 bits per heavy atom. The first-order valence-corrected chi connectivity index (χ1v) is 10.9. The third-order valence-electron chi connectivity index (χ3n) is 6.82. The maximum absolute atomic E-state index is 13.2. The third kappa shape index (κ3) is 3.65. The summed E-state index contributed by atoms with van der Waals surface area (Å²) < 4.78 is 5.51. The largest absolute Gasteiger partial charge is 0.465 e. The topological polar surface area (TPSA) is 66.9 Å². The Morgan fingerprint density at radius 1 is 1.17 bits per heavy atom. The van der Waals surface area contributed by atoms with Crippen molar-refractivity contribution in [1.29, 1.82) is 0 Å². The summed E-state index contributed by atoms with van der Waals surface area (Å²) in [6.07, 6.45) is 5.34. The van der Waals surface area contributed by atoms with Crippen LogP contribution in [0.5, 0.6) is 0 Å². The second-order valence-corrected chi connectivity index (χ2v) is 8.56. The zero-order valence-corrected chi connectivity index (χ0v) is 17.1. The van der Waals surface area contributed by atoms with Gasteiger partial charge < -0.3 is 14.5 Å². The van der Waals surface area contributed by atoms with Gasteiger partial charge in [0, 0.05) is 25.0 Å². The molecule has 3 heterocycles. The molecule has 3 saturated heterocycles. The van der Waals surface area contributed by atoms with Crippen LogP contribution in [0.25, 0.3) is 0 Å². The number of ether oxygens (including phenoxy) is 1. The lowest BCUT2D eigenvalue weighted by Crippen LogP contribution is -2.50. The van der Waals surface area contributed by atoms with E-state index in [1.165, 1.54) is 0 Å². The van der Waals surface area contributed by atoms with Gasteiger partial charge in [-0.25, -0.2) is 0 Å². The van der Waals surface area contributed by atoms with Crippen LogP contribution in [0.4, 0.5) is 0 Å². The van der Waals surface area contributed by atoms with E-state index in [1.807, 2.05) is 42.2 Å². The highest BCUT2D eigenvalue weighted by Crippen LogP contribution is 2.52. The van der Waals surface area contributed by atoms with Crippen molar-refractivity contribution in [1.82, 2.24) is 9.80 Å². The highest BCUT2D eigenvalue weighted by Gasteiger charge is 2.61. The van der Waals surface area contributed by atoms with E-state index in [2.05, 4.69) is 0 Å². The number of likely N-dealkylation sites (tertiary alicyclic amines) is 1. The maximum Gasteiger partial charge on any atom is 0.314 e. The highest BCUT2D eigenvalue weighted by atomic mass is 16.5. The van der Waals surface area contributed by atoms with Crippen molar-refractivity contribution >= 4 is 17.8 Å². The van der Waals surface area contributed by atoms with Gasteiger partial charge in [0.25, 0.3) is 0 Å². The van der Waals surface area contributed by atoms with Gasteiger partial charge >= 0.3 is 5.97 Å². The van der Waals surface area contributed by atoms with Crippen LogP contribution in [0.3, 0.4) is 0 Å². The highest BCUT2D eigenvalue weighted by molar-refractivity contribution is 5.88. The molecule has 0 unspecified atom stereocenters. The van der Waals surface area contributed by atoms with E-state index in [0.29, 0.717) is 32.4 Å². The summed E-state index contributed by atoms with van der Waals surface area (Å²) in [5.41, 5.74) is 0.397. The molecule has 0 aliphatic carbocycles. The van der Waals surface area contributed by atoms with Crippen molar-refractivity contribution in [2.75, 3.05) is 19.7 Å². The molecular formula is C23H30N2O4. The molecule has 0 aromatic heterocycles. The van der Waals surface area contributed by atoms with Gasteiger partial charge in [0.2, 0.25) is 11.8 Å². The molecule has 0 radical (unpaired) electrons. The average molecular weight is 399 g/mol. The van der Waals surface area contributed by atoms with Crippen molar-refractivity contribution in [3.8, 4) is 0 Å². The van der Waals surface area contributed by atoms with Crippen molar-refractivity contribution < 1.29 is 19.1 Å². The van der Waals surface area contributed by atoms with Crippen molar-refractivity contribution in [3.63, 3.8) is 0 Å². The second kappa shape index (κ2) is 8.17. The molecule has 4 rings (SSSR count). The van der Waals surface area contributed by atoms with E-state index < -0.39 is 5.41 Å². The number of rotatable bonds is 6.